The van der Waals surface area contributed by atoms with Crippen LogP contribution in [0.2, 0.25) is 0 Å². The molecule has 0 saturated carbocycles. The van der Waals surface area contributed by atoms with Gasteiger partial charge in [0.2, 0.25) is 0 Å². The second kappa shape index (κ2) is 6.12. The molecule has 0 radical (unpaired) electrons. The van der Waals surface area contributed by atoms with E-state index in [-0.39, 0.29) is 0 Å². The van der Waals surface area contributed by atoms with Gasteiger partial charge in [-0.25, -0.2) is 9.97 Å². The van der Waals surface area contributed by atoms with E-state index in [1.54, 1.807) is 6.33 Å². The van der Waals surface area contributed by atoms with E-state index < -0.39 is 0 Å². The first kappa shape index (κ1) is 11.6. The van der Waals surface area contributed by atoms with E-state index in [9.17, 15) is 0 Å². The van der Waals surface area contributed by atoms with Crippen LogP contribution >= 0.6 is 0 Å². The summed E-state index contributed by atoms with van der Waals surface area (Å²) in [4.78, 5) is 8.26. The second-order valence-electron chi connectivity index (χ2n) is 3.12. The highest BCUT2D eigenvalue weighted by molar-refractivity contribution is 5.80. The molecule has 1 heterocycles. The van der Waals surface area contributed by atoms with Crippen molar-refractivity contribution in [2.75, 3.05) is 0 Å². The number of rotatable bonds is 2. The van der Waals surface area contributed by atoms with E-state index in [2.05, 4.69) is 29.0 Å². The van der Waals surface area contributed by atoms with E-state index in [1.807, 2.05) is 26.1 Å². The summed E-state index contributed by atoms with van der Waals surface area (Å²) in [7, 11) is 0. The first-order chi connectivity index (χ1) is 7.42. The van der Waals surface area contributed by atoms with Gasteiger partial charge >= 0.3 is 0 Å². The molecule has 2 heteroatoms. The van der Waals surface area contributed by atoms with E-state index in [0.717, 1.165) is 18.4 Å². The fourth-order valence-corrected chi connectivity index (χ4v) is 1.55. The van der Waals surface area contributed by atoms with Gasteiger partial charge in [-0.3, -0.25) is 0 Å². The molecule has 0 amide bonds. The average Bonchev–Trinajstić information content (AvgIpc) is 2.33. The molecule has 2 rings (SSSR count). The third kappa shape index (κ3) is 2.75. The lowest BCUT2D eigenvalue weighted by molar-refractivity contribution is 0.928. The van der Waals surface area contributed by atoms with Crippen molar-refractivity contribution in [2.45, 2.75) is 33.6 Å². The van der Waals surface area contributed by atoms with Crippen molar-refractivity contribution in [1.82, 2.24) is 9.97 Å². The van der Waals surface area contributed by atoms with Crippen molar-refractivity contribution >= 4 is 10.9 Å². The lowest BCUT2D eigenvalue weighted by Crippen LogP contribution is -1.88. The first-order valence-corrected chi connectivity index (χ1v) is 5.59. The Labute approximate surface area is 91.4 Å². The number of nitrogens with zero attached hydrogens (tertiary/aromatic N) is 2. The Hall–Kier alpha value is -1.44. The number of fused-ring (bicyclic) bond motifs is 1. The van der Waals surface area contributed by atoms with Crippen LogP contribution < -0.4 is 0 Å². The van der Waals surface area contributed by atoms with Crippen LogP contribution in [0.4, 0.5) is 0 Å². The van der Waals surface area contributed by atoms with Crippen molar-refractivity contribution in [3.63, 3.8) is 0 Å². The highest BCUT2D eigenvalue weighted by atomic mass is 14.8. The molecule has 0 bridgehead atoms. The van der Waals surface area contributed by atoms with Gasteiger partial charge in [0.15, 0.2) is 0 Å². The summed E-state index contributed by atoms with van der Waals surface area (Å²) in [5.41, 5.74) is 2.39. The molecule has 0 N–H and O–H groups in total. The molecule has 0 spiro atoms. The SMILES string of the molecule is CC.CCCc1cccc2ncncc12. The maximum atomic E-state index is 4.21. The Morgan fingerprint density at radius 3 is 2.73 bits per heavy atom. The van der Waals surface area contributed by atoms with Gasteiger partial charge in [0.05, 0.1) is 5.52 Å². The summed E-state index contributed by atoms with van der Waals surface area (Å²) >= 11 is 0. The summed E-state index contributed by atoms with van der Waals surface area (Å²) in [6.07, 6.45) is 5.75. The largest absolute Gasteiger partial charge is 0.244 e. The van der Waals surface area contributed by atoms with Crippen molar-refractivity contribution in [3.05, 3.63) is 36.3 Å². The van der Waals surface area contributed by atoms with Crippen LogP contribution in [-0.2, 0) is 6.42 Å². The van der Waals surface area contributed by atoms with E-state index >= 15 is 0 Å². The maximum absolute atomic E-state index is 4.21. The molecule has 0 fully saturated rings. The lowest BCUT2D eigenvalue weighted by atomic mass is 10.1. The standard InChI is InChI=1S/C11H12N2.C2H6/c1-2-4-9-5-3-6-11-10(9)7-12-8-13-11;1-2/h3,5-8H,2,4H2,1H3;1-2H3. The third-order valence-corrected chi connectivity index (χ3v) is 2.16. The molecule has 2 aromatic rings. The van der Waals surface area contributed by atoms with Gasteiger partial charge in [0, 0.05) is 11.6 Å². The van der Waals surface area contributed by atoms with Crippen molar-refractivity contribution in [3.8, 4) is 0 Å². The Morgan fingerprint density at radius 2 is 2.00 bits per heavy atom. The zero-order valence-electron chi connectivity index (χ0n) is 9.70. The van der Waals surface area contributed by atoms with Gasteiger partial charge in [0.25, 0.3) is 0 Å². The van der Waals surface area contributed by atoms with Crippen LogP contribution in [-0.4, -0.2) is 9.97 Å². The summed E-state index contributed by atoms with van der Waals surface area (Å²) in [6.45, 7) is 6.18. The molecule has 0 aliphatic heterocycles. The minimum atomic E-state index is 1.04. The molecule has 0 aliphatic rings. The number of hydrogen-bond acceptors (Lipinski definition) is 2. The normalized spacial score (nSPS) is 9.53. The molecular weight excluding hydrogens is 184 g/mol. The molecule has 0 aliphatic carbocycles. The average molecular weight is 202 g/mol. The van der Waals surface area contributed by atoms with E-state index in [1.165, 1.54) is 10.9 Å². The molecule has 0 atom stereocenters. The van der Waals surface area contributed by atoms with Gasteiger partial charge in [-0.15, -0.1) is 0 Å². The van der Waals surface area contributed by atoms with Gasteiger partial charge in [-0.2, -0.15) is 0 Å². The first-order valence-electron chi connectivity index (χ1n) is 5.59. The van der Waals surface area contributed by atoms with Crippen LogP contribution in [0.5, 0.6) is 0 Å². The summed E-state index contributed by atoms with van der Waals surface area (Å²) in [5, 5.41) is 1.19. The Morgan fingerprint density at radius 1 is 1.20 bits per heavy atom. The topological polar surface area (TPSA) is 25.8 Å². The van der Waals surface area contributed by atoms with Crippen LogP contribution in [0.3, 0.4) is 0 Å². The molecule has 1 aromatic heterocycles. The molecule has 0 unspecified atom stereocenters. The summed E-state index contributed by atoms with van der Waals surface area (Å²) in [5.74, 6) is 0. The highest BCUT2D eigenvalue weighted by Crippen LogP contribution is 2.16. The lowest BCUT2D eigenvalue weighted by Gasteiger charge is -2.02. The van der Waals surface area contributed by atoms with Gasteiger partial charge < -0.3 is 0 Å². The van der Waals surface area contributed by atoms with E-state index in [0.29, 0.717) is 0 Å². The molecule has 80 valence electrons. The molecule has 0 saturated heterocycles. The second-order valence-corrected chi connectivity index (χ2v) is 3.12. The number of hydrogen-bond donors (Lipinski definition) is 0. The van der Waals surface area contributed by atoms with Crippen LogP contribution in [0.25, 0.3) is 10.9 Å². The smallest absolute Gasteiger partial charge is 0.116 e. The highest BCUT2D eigenvalue weighted by Gasteiger charge is 1.99. The minimum absolute atomic E-state index is 1.04. The molecule has 15 heavy (non-hydrogen) atoms. The maximum Gasteiger partial charge on any atom is 0.116 e. The fraction of sp³-hybridized carbons (Fsp3) is 0.385. The zero-order chi connectivity index (χ0) is 11.1. The van der Waals surface area contributed by atoms with Gasteiger partial charge in [-0.1, -0.05) is 39.3 Å². The quantitative estimate of drug-likeness (QED) is 0.743. The molecule has 2 nitrogen and oxygen atoms in total. The Bertz CT molecular complexity index is 405. The van der Waals surface area contributed by atoms with Crippen LogP contribution in [0, 0.1) is 0 Å². The van der Waals surface area contributed by atoms with Gasteiger partial charge in [-0.05, 0) is 18.1 Å². The summed E-state index contributed by atoms with van der Waals surface area (Å²) in [6, 6.07) is 6.23. The van der Waals surface area contributed by atoms with E-state index in [4.69, 9.17) is 0 Å². The predicted octanol–water partition coefficient (Wildman–Crippen LogP) is 3.61. The number of aryl methyl sites for hydroxylation is 1. The monoisotopic (exact) mass is 202 g/mol. The van der Waals surface area contributed by atoms with Crippen molar-refractivity contribution in [2.24, 2.45) is 0 Å². The number of benzene rings is 1. The minimum Gasteiger partial charge on any atom is -0.244 e. The summed E-state index contributed by atoms with van der Waals surface area (Å²) < 4.78 is 0. The number of aromatic nitrogens is 2. The Kier molecular flexibility index (Phi) is 4.75. The fourth-order valence-electron chi connectivity index (χ4n) is 1.55. The predicted molar refractivity (Wildman–Crippen MR) is 64.9 cm³/mol. The molecule has 1 aromatic carbocycles. The Balaban J connectivity index is 0.000000531. The van der Waals surface area contributed by atoms with Gasteiger partial charge in [0.1, 0.15) is 6.33 Å². The van der Waals surface area contributed by atoms with Crippen LogP contribution in [0.1, 0.15) is 32.8 Å². The van der Waals surface area contributed by atoms with Crippen molar-refractivity contribution in [1.29, 1.82) is 0 Å². The van der Waals surface area contributed by atoms with Crippen molar-refractivity contribution < 1.29 is 0 Å². The van der Waals surface area contributed by atoms with Crippen LogP contribution in [0.15, 0.2) is 30.7 Å². The zero-order valence-corrected chi connectivity index (χ0v) is 9.70. The molecular formula is C13H18N2. The third-order valence-electron chi connectivity index (χ3n) is 2.16.